The monoisotopic (exact) mass is 372 g/mol. The maximum absolute atomic E-state index is 12.3. The second-order valence-corrected chi connectivity index (χ2v) is 6.58. The van der Waals surface area contributed by atoms with Gasteiger partial charge in [-0.1, -0.05) is 30.0 Å². The van der Waals surface area contributed by atoms with E-state index in [1.54, 1.807) is 19.7 Å². The van der Waals surface area contributed by atoms with Gasteiger partial charge in [0.1, 0.15) is 17.8 Å². The van der Waals surface area contributed by atoms with E-state index in [2.05, 4.69) is 15.5 Å². The van der Waals surface area contributed by atoms with Gasteiger partial charge in [0.05, 0.1) is 31.7 Å². The lowest BCUT2D eigenvalue weighted by atomic mass is 10.1. The highest BCUT2D eigenvalue weighted by Gasteiger charge is 2.15. The van der Waals surface area contributed by atoms with E-state index in [4.69, 9.17) is 9.15 Å². The number of benzene rings is 1. The van der Waals surface area contributed by atoms with Gasteiger partial charge in [0.25, 0.3) is 0 Å². The molecule has 1 N–H and O–H groups in total. The summed E-state index contributed by atoms with van der Waals surface area (Å²) in [6.45, 7) is 2.46. The van der Waals surface area contributed by atoms with E-state index in [1.165, 1.54) is 11.8 Å². The van der Waals surface area contributed by atoms with Gasteiger partial charge in [0, 0.05) is 5.56 Å². The second-order valence-electron chi connectivity index (χ2n) is 5.64. The molecule has 26 heavy (non-hydrogen) atoms. The first-order valence-corrected chi connectivity index (χ1v) is 9.11. The minimum Gasteiger partial charge on any atom is -0.496 e. The van der Waals surface area contributed by atoms with Crippen LogP contribution in [0.3, 0.4) is 0 Å². The fourth-order valence-electron chi connectivity index (χ4n) is 2.55. The molecular weight excluding hydrogens is 352 g/mol. The highest BCUT2D eigenvalue weighted by molar-refractivity contribution is 7.99. The van der Waals surface area contributed by atoms with Crippen LogP contribution in [-0.4, -0.2) is 33.5 Å². The van der Waals surface area contributed by atoms with E-state index < -0.39 is 0 Å². The minimum atomic E-state index is -0.153. The highest BCUT2D eigenvalue weighted by Crippen LogP contribution is 2.24. The third kappa shape index (κ3) is 4.45. The van der Waals surface area contributed by atoms with E-state index in [1.807, 2.05) is 47.9 Å². The molecule has 0 saturated carbocycles. The number of carbonyl (C=O) groups excluding carboxylic acids is 1. The summed E-state index contributed by atoms with van der Waals surface area (Å²) < 4.78 is 12.5. The van der Waals surface area contributed by atoms with Crippen molar-refractivity contribution >= 4 is 17.7 Å². The smallest absolute Gasteiger partial charge is 0.230 e. The quantitative estimate of drug-likeness (QED) is 0.612. The molecule has 2 aromatic heterocycles. The molecule has 0 aliphatic carbocycles. The van der Waals surface area contributed by atoms with Crippen molar-refractivity contribution in [3.63, 3.8) is 0 Å². The zero-order valence-electron chi connectivity index (χ0n) is 14.6. The Morgan fingerprint density at radius 1 is 1.35 bits per heavy atom. The second kappa shape index (κ2) is 8.57. The van der Waals surface area contributed by atoms with E-state index in [-0.39, 0.29) is 17.7 Å². The molecule has 136 valence electrons. The van der Waals surface area contributed by atoms with Crippen LogP contribution in [0.2, 0.25) is 0 Å². The molecule has 0 aliphatic rings. The van der Waals surface area contributed by atoms with E-state index >= 15 is 0 Å². The van der Waals surface area contributed by atoms with Crippen molar-refractivity contribution in [3.05, 3.63) is 60.3 Å². The first kappa shape index (κ1) is 18.1. The largest absolute Gasteiger partial charge is 0.496 e. The van der Waals surface area contributed by atoms with Crippen LogP contribution >= 0.6 is 11.8 Å². The predicted octanol–water partition coefficient (Wildman–Crippen LogP) is 2.90. The Morgan fingerprint density at radius 2 is 2.19 bits per heavy atom. The lowest BCUT2D eigenvalue weighted by Gasteiger charge is -2.17. The molecule has 3 rings (SSSR count). The van der Waals surface area contributed by atoms with Crippen LogP contribution in [0.25, 0.3) is 0 Å². The number of hydrogen-bond acceptors (Lipinski definition) is 6. The van der Waals surface area contributed by atoms with Gasteiger partial charge in [0.2, 0.25) is 5.91 Å². The first-order valence-electron chi connectivity index (χ1n) is 8.12. The first-order chi connectivity index (χ1) is 12.7. The molecule has 1 unspecified atom stereocenters. The summed E-state index contributed by atoms with van der Waals surface area (Å²) in [5.74, 6) is 1.73. The predicted molar refractivity (Wildman–Crippen MR) is 98.1 cm³/mol. The third-order valence-corrected chi connectivity index (χ3v) is 4.78. The van der Waals surface area contributed by atoms with Gasteiger partial charge in [-0.3, -0.25) is 4.79 Å². The van der Waals surface area contributed by atoms with Crippen LogP contribution in [0.15, 0.2) is 58.6 Å². The molecular formula is C18H20N4O3S. The maximum Gasteiger partial charge on any atom is 0.230 e. The number of methoxy groups -OCH3 is 1. The number of thioether (sulfide) groups is 1. The average Bonchev–Trinajstić information content (AvgIpc) is 3.32. The maximum atomic E-state index is 12.3. The van der Waals surface area contributed by atoms with Crippen LogP contribution in [0.4, 0.5) is 0 Å². The third-order valence-electron chi connectivity index (χ3n) is 3.80. The lowest BCUT2D eigenvalue weighted by Crippen LogP contribution is -2.28. The standard InChI is InChI=1S/C18H20N4O3S/c1-13(15-7-3-4-8-16(15)24-2)20-17(23)11-26-18-21-19-12-22(18)10-14-6-5-9-25-14/h3-9,12-13H,10-11H2,1-2H3,(H,20,23). The number of hydrogen-bond donors (Lipinski definition) is 1. The Hall–Kier alpha value is -2.74. The molecule has 7 nitrogen and oxygen atoms in total. The van der Waals surface area contributed by atoms with Crippen LogP contribution in [0.5, 0.6) is 5.75 Å². The van der Waals surface area contributed by atoms with Gasteiger partial charge in [0.15, 0.2) is 5.16 Å². The lowest BCUT2D eigenvalue weighted by molar-refractivity contribution is -0.119. The Kier molecular flexibility index (Phi) is 5.96. The number of ether oxygens (including phenoxy) is 1. The summed E-state index contributed by atoms with van der Waals surface area (Å²) in [6.07, 6.45) is 3.25. The molecule has 0 radical (unpaired) electrons. The Labute approximate surface area is 155 Å². The van der Waals surface area contributed by atoms with Crippen LogP contribution in [0.1, 0.15) is 24.3 Å². The van der Waals surface area contributed by atoms with Crippen molar-refractivity contribution in [2.75, 3.05) is 12.9 Å². The van der Waals surface area contributed by atoms with E-state index in [0.717, 1.165) is 17.1 Å². The van der Waals surface area contributed by atoms with Gasteiger partial charge in [-0.05, 0) is 25.1 Å². The Bertz CT molecular complexity index is 848. The van der Waals surface area contributed by atoms with Crippen molar-refractivity contribution in [3.8, 4) is 5.75 Å². The van der Waals surface area contributed by atoms with Gasteiger partial charge in [-0.2, -0.15) is 0 Å². The summed E-state index contributed by atoms with van der Waals surface area (Å²) in [4.78, 5) is 12.3. The van der Waals surface area contributed by atoms with E-state index in [0.29, 0.717) is 11.7 Å². The van der Waals surface area contributed by atoms with Crippen LogP contribution in [-0.2, 0) is 11.3 Å². The summed E-state index contributed by atoms with van der Waals surface area (Å²) in [5.41, 5.74) is 0.939. The van der Waals surface area contributed by atoms with Crippen LogP contribution in [0, 0.1) is 0 Å². The summed E-state index contributed by atoms with van der Waals surface area (Å²) in [6, 6.07) is 11.2. The van der Waals surface area contributed by atoms with Crippen molar-refractivity contribution in [2.45, 2.75) is 24.7 Å². The summed E-state index contributed by atoms with van der Waals surface area (Å²) in [7, 11) is 1.62. The molecule has 0 spiro atoms. The molecule has 0 saturated heterocycles. The molecule has 1 aromatic carbocycles. The number of carbonyl (C=O) groups is 1. The van der Waals surface area contributed by atoms with Crippen molar-refractivity contribution in [1.82, 2.24) is 20.1 Å². The summed E-state index contributed by atoms with van der Waals surface area (Å²) >= 11 is 1.34. The highest BCUT2D eigenvalue weighted by atomic mass is 32.2. The van der Waals surface area contributed by atoms with Gasteiger partial charge < -0.3 is 19.0 Å². The number of nitrogens with one attached hydrogen (secondary N) is 1. The average molecular weight is 372 g/mol. The molecule has 3 aromatic rings. The fraction of sp³-hybridized carbons (Fsp3) is 0.278. The SMILES string of the molecule is COc1ccccc1C(C)NC(=O)CSc1nncn1Cc1ccco1. The molecule has 0 fully saturated rings. The number of nitrogens with zero attached hydrogens (tertiary/aromatic N) is 3. The summed E-state index contributed by atoms with van der Waals surface area (Å²) in [5, 5.41) is 11.6. The molecule has 0 bridgehead atoms. The van der Waals surface area contributed by atoms with Crippen molar-refractivity contribution < 1.29 is 13.9 Å². The number of aromatic nitrogens is 3. The number of amides is 1. The number of furan rings is 1. The van der Waals surface area contributed by atoms with Gasteiger partial charge >= 0.3 is 0 Å². The van der Waals surface area contributed by atoms with Gasteiger partial charge in [-0.15, -0.1) is 10.2 Å². The molecule has 8 heteroatoms. The fourth-order valence-corrected chi connectivity index (χ4v) is 3.28. The molecule has 0 aliphatic heterocycles. The molecule has 1 amide bonds. The minimum absolute atomic E-state index is 0.0824. The normalized spacial score (nSPS) is 11.9. The zero-order valence-corrected chi connectivity index (χ0v) is 15.4. The van der Waals surface area contributed by atoms with Crippen molar-refractivity contribution in [1.29, 1.82) is 0 Å². The molecule has 2 heterocycles. The van der Waals surface area contributed by atoms with Crippen LogP contribution < -0.4 is 10.1 Å². The molecule has 1 atom stereocenters. The van der Waals surface area contributed by atoms with Gasteiger partial charge in [-0.25, -0.2) is 0 Å². The Balaban J connectivity index is 1.55. The number of rotatable bonds is 8. The topological polar surface area (TPSA) is 82.2 Å². The number of para-hydroxylation sites is 1. The zero-order chi connectivity index (χ0) is 18.4. The van der Waals surface area contributed by atoms with E-state index in [9.17, 15) is 4.79 Å². The van der Waals surface area contributed by atoms with Crippen molar-refractivity contribution in [2.24, 2.45) is 0 Å². The Morgan fingerprint density at radius 3 is 2.96 bits per heavy atom.